The van der Waals surface area contributed by atoms with E-state index in [9.17, 15) is 9.90 Å². The lowest BCUT2D eigenvalue weighted by Gasteiger charge is -2.11. The molecule has 1 heterocycles. The van der Waals surface area contributed by atoms with Crippen LogP contribution >= 0.6 is 0 Å². The summed E-state index contributed by atoms with van der Waals surface area (Å²) in [4.78, 5) is 19.3. The molecule has 0 fully saturated rings. The van der Waals surface area contributed by atoms with Gasteiger partial charge in [0, 0.05) is 30.5 Å². The molecule has 0 bridgehead atoms. The van der Waals surface area contributed by atoms with Crippen LogP contribution in [0.4, 0.5) is 5.69 Å². The highest BCUT2D eigenvalue weighted by Gasteiger charge is 2.21. The zero-order chi connectivity index (χ0) is 23.4. The smallest absolute Gasteiger partial charge is 0.217 e. The van der Waals surface area contributed by atoms with Crippen LogP contribution in [0.1, 0.15) is 23.6 Å². The summed E-state index contributed by atoms with van der Waals surface area (Å²) < 4.78 is 10.9. The Morgan fingerprint density at radius 2 is 1.73 bits per heavy atom. The van der Waals surface area contributed by atoms with Gasteiger partial charge in [-0.2, -0.15) is 0 Å². The quantitative estimate of drug-likeness (QED) is 0.361. The van der Waals surface area contributed by atoms with Gasteiger partial charge in [-0.15, -0.1) is 0 Å². The standard InChI is InChI=1S/C26H25N3O4/c1-16(30)27-15-17-8-7-9-18(12-17)25(28-19-10-5-4-6-11-19)24-20-13-22(32-2)23(33-3)14-21(20)29-26(24)31/h4-14,29,31H,15H2,1-3H3,(H,27,30). The SMILES string of the molecule is COc1cc2[nH]c(O)c(C(=Nc3ccccc3)c3cccc(CNC(C)=O)c3)c2cc1OC. The van der Waals surface area contributed by atoms with Crippen LogP contribution in [0.25, 0.3) is 10.9 Å². The molecule has 0 atom stereocenters. The predicted octanol–water partition coefficient (Wildman–Crippen LogP) is 4.70. The number of carbonyl (C=O) groups is 1. The van der Waals surface area contributed by atoms with E-state index >= 15 is 0 Å². The first-order valence-corrected chi connectivity index (χ1v) is 10.4. The molecule has 1 amide bonds. The van der Waals surface area contributed by atoms with Gasteiger partial charge in [-0.3, -0.25) is 4.79 Å². The monoisotopic (exact) mass is 443 g/mol. The maximum Gasteiger partial charge on any atom is 0.217 e. The Kier molecular flexibility index (Phi) is 6.31. The predicted molar refractivity (Wildman–Crippen MR) is 129 cm³/mol. The molecular formula is C26H25N3O4. The molecule has 3 aromatic carbocycles. The minimum absolute atomic E-state index is 0.0118. The van der Waals surface area contributed by atoms with E-state index in [1.807, 2.05) is 60.7 Å². The number of aromatic nitrogens is 1. The second-order valence-corrected chi connectivity index (χ2v) is 7.51. The lowest BCUT2D eigenvalue weighted by atomic mass is 9.98. The van der Waals surface area contributed by atoms with Crippen molar-refractivity contribution in [3.8, 4) is 17.4 Å². The number of aromatic hydroxyl groups is 1. The van der Waals surface area contributed by atoms with Gasteiger partial charge in [0.25, 0.3) is 0 Å². The first-order chi connectivity index (χ1) is 16.0. The van der Waals surface area contributed by atoms with Crippen LogP contribution in [0.3, 0.4) is 0 Å². The van der Waals surface area contributed by atoms with Gasteiger partial charge in [0.1, 0.15) is 0 Å². The van der Waals surface area contributed by atoms with Gasteiger partial charge in [-0.1, -0.05) is 36.4 Å². The zero-order valence-corrected chi connectivity index (χ0v) is 18.7. The molecule has 168 valence electrons. The molecule has 33 heavy (non-hydrogen) atoms. The minimum Gasteiger partial charge on any atom is -0.494 e. The van der Waals surface area contributed by atoms with Gasteiger partial charge in [-0.05, 0) is 29.8 Å². The number of nitrogens with zero attached hydrogens (tertiary/aromatic N) is 1. The van der Waals surface area contributed by atoms with Crippen LogP contribution in [0.2, 0.25) is 0 Å². The van der Waals surface area contributed by atoms with E-state index in [2.05, 4.69) is 10.3 Å². The Morgan fingerprint density at radius 1 is 1.00 bits per heavy atom. The lowest BCUT2D eigenvalue weighted by molar-refractivity contribution is -0.119. The number of nitrogens with one attached hydrogen (secondary N) is 2. The number of hydrogen-bond acceptors (Lipinski definition) is 5. The Bertz CT molecular complexity index is 1330. The van der Waals surface area contributed by atoms with Crippen LogP contribution in [0.15, 0.2) is 71.7 Å². The average molecular weight is 444 g/mol. The van der Waals surface area contributed by atoms with E-state index in [0.29, 0.717) is 34.8 Å². The number of aliphatic imine (C=N–C) groups is 1. The summed E-state index contributed by atoms with van der Waals surface area (Å²) in [5.74, 6) is 0.983. The molecule has 0 radical (unpaired) electrons. The van der Waals surface area contributed by atoms with Crippen molar-refractivity contribution in [2.45, 2.75) is 13.5 Å². The van der Waals surface area contributed by atoms with E-state index in [-0.39, 0.29) is 11.8 Å². The van der Waals surface area contributed by atoms with E-state index < -0.39 is 0 Å². The second kappa shape index (κ2) is 9.48. The normalized spacial score (nSPS) is 11.4. The number of methoxy groups -OCH3 is 2. The van der Waals surface area contributed by atoms with Crippen LogP contribution in [0.5, 0.6) is 17.4 Å². The summed E-state index contributed by atoms with van der Waals surface area (Å²) in [6.07, 6.45) is 0. The first kappa shape index (κ1) is 22.0. The highest BCUT2D eigenvalue weighted by atomic mass is 16.5. The Balaban J connectivity index is 1.93. The summed E-state index contributed by atoms with van der Waals surface area (Å²) in [5, 5.41) is 14.5. The molecule has 0 saturated heterocycles. The number of para-hydroxylation sites is 1. The molecular weight excluding hydrogens is 418 g/mol. The van der Waals surface area contributed by atoms with Crippen LogP contribution in [-0.4, -0.2) is 35.9 Å². The molecule has 0 spiro atoms. The van der Waals surface area contributed by atoms with Crippen molar-refractivity contribution >= 4 is 28.2 Å². The maximum absolute atomic E-state index is 11.4. The zero-order valence-electron chi connectivity index (χ0n) is 18.7. The van der Waals surface area contributed by atoms with E-state index in [4.69, 9.17) is 14.5 Å². The molecule has 0 aliphatic rings. The van der Waals surface area contributed by atoms with E-state index in [1.54, 1.807) is 20.3 Å². The molecule has 0 saturated carbocycles. The molecule has 0 aliphatic heterocycles. The third-order valence-corrected chi connectivity index (χ3v) is 5.26. The fourth-order valence-electron chi connectivity index (χ4n) is 3.70. The number of amides is 1. The number of rotatable bonds is 7. The van der Waals surface area contributed by atoms with Gasteiger partial charge in [0.05, 0.1) is 36.7 Å². The van der Waals surface area contributed by atoms with Gasteiger partial charge in [0.2, 0.25) is 5.91 Å². The first-order valence-electron chi connectivity index (χ1n) is 10.4. The van der Waals surface area contributed by atoms with Crippen molar-refractivity contribution < 1.29 is 19.4 Å². The molecule has 3 N–H and O–H groups in total. The van der Waals surface area contributed by atoms with Gasteiger partial charge in [-0.25, -0.2) is 4.99 Å². The number of benzene rings is 3. The van der Waals surface area contributed by atoms with E-state index in [1.165, 1.54) is 6.92 Å². The summed E-state index contributed by atoms with van der Waals surface area (Å²) in [7, 11) is 3.14. The van der Waals surface area contributed by atoms with Crippen LogP contribution in [-0.2, 0) is 11.3 Å². The van der Waals surface area contributed by atoms with E-state index in [0.717, 1.165) is 22.2 Å². The van der Waals surface area contributed by atoms with Crippen molar-refractivity contribution in [1.82, 2.24) is 10.3 Å². The number of fused-ring (bicyclic) bond motifs is 1. The number of H-pyrrole nitrogens is 1. The molecule has 0 aliphatic carbocycles. The average Bonchev–Trinajstić information content (AvgIpc) is 3.15. The molecule has 1 aromatic heterocycles. The Hall–Kier alpha value is -4.26. The largest absolute Gasteiger partial charge is 0.494 e. The summed E-state index contributed by atoms with van der Waals surface area (Å²) in [5.41, 5.74) is 4.28. The number of ether oxygens (including phenoxy) is 2. The highest BCUT2D eigenvalue weighted by Crippen LogP contribution is 2.38. The summed E-state index contributed by atoms with van der Waals surface area (Å²) >= 11 is 0. The van der Waals surface area contributed by atoms with Crippen molar-refractivity contribution in [3.05, 3.63) is 83.4 Å². The summed E-state index contributed by atoms with van der Waals surface area (Å²) in [6, 6.07) is 20.9. The van der Waals surface area contributed by atoms with Crippen molar-refractivity contribution in [3.63, 3.8) is 0 Å². The number of aromatic amines is 1. The lowest BCUT2D eigenvalue weighted by Crippen LogP contribution is -2.19. The third kappa shape index (κ3) is 4.67. The Labute approximate surface area is 191 Å². The topological polar surface area (TPSA) is 95.9 Å². The van der Waals surface area contributed by atoms with Gasteiger partial charge in [0.15, 0.2) is 17.4 Å². The van der Waals surface area contributed by atoms with Crippen LogP contribution < -0.4 is 14.8 Å². The van der Waals surface area contributed by atoms with Crippen LogP contribution in [0, 0.1) is 0 Å². The van der Waals surface area contributed by atoms with Gasteiger partial charge < -0.3 is 24.9 Å². The molecule has 4 rings (SSSR count). The fourth-order valence-corrected chi connectivity index (χ4v) is 3.70. The third-order valence-electron chi connectivity index (χ3n) is 5.26. The molecule has 7 heteroatoms. The van der Waals surface area contributed by atoms with Crippen molar-refractivity contribution in [2.24, 2.45) is 4.99 Å². The van der Waals surface area contributed by atoms with Gasteiger partial charge >= 0.3 is 0 Å². The van der Waals surface area contributed by atoms with Crippen molar-refractivity contribution in [1.29, 1.82) is 0 Å². The summed E-state index contributed by atoms with van der Waals surface area (Å²) in [6.45, 7) is 1.88. The fraction of sp³-hybridized carbons (Fsp3) is 0.154. The maximum atomic E-state index is 11.4. The van der Waals surface area contributed by atoms with Crippen molar-refractivity contribution in [2.75, 3.05) is 14.2 Å². The Morgan fingerprint density at radius 3 is 2.42 bits per heavy atom. The second-order valence-electron chi connectivity index (χ2n) is 7.51. The molecule has 0 unspecified atom stereocenters. The number of carbonyl (C=O) groups excluding carboxylic acids is 1. The minimum atomic E-state index is -0.103. The highest BCUT2D eigenvalue weighted by molar-refractivity contribution is 6.22. The molecule has 7 nitrogen and oxygen atoms in total. The molecule has 4 aromatic rings. The number of hydrogen-bond donors (Lipinski definition) is 3.